The number of nitrogens with one attached hydrogen (secondary N) is 1. The van der Waals surface area contributed by atoms with Gasteiger partial charge in [-0.1, -0.05) is 23.7 Å². The summed E-state index contributed by atoms with van der Waals surface area (Å²) in [5, 5.41) is 18.9. The molecular weight excluding hydrogens is 272 g/mol. The van der Waals surface area contributed by atoms with Crippen molar-refractivity contribution >= 4 is 29.3 Å². The molecule has 2 N–H and O–H groups in total. The second-order valence-corrected chi connectivity index (χ2v) is 4.00. The van der Waals surface area contributed by atoms with Gasteiger partial charge in [-0.2, -0.15) is 9.90 Å². The van der Waals surface area contributed by atoms with Gasteiger partial charge >= 0.3 is 5.97 Å². The number of nitrogens with zero attached hydrogens (tertiary/aromatic N) is 3. The fourth-order valence-electron chi connectivity index (χ4n) is 1.38. The number of hydrogen-bond donors (Lipinski definition) is 2. The topological polar surface area (TPSA) is 97.1 Å². The Morgan fingerprint density at radius 3 is 2.79 bits per heavy atom. The second-order valence-electron chi connectivity index (χ2n) is 3.59. The Labute approximate surface area is 112 Å². The zero-order chi connectivity index (χ0) is 13.8. The third kappa shape index (κ3) is 3.29. The molecule has 2 aromatic rings. The third-order valence-corrected chi connectivity index (χ3v) is 2.50. The molecule has 1 aromatic heterocycles. The van der Waals surface area contributed by atoms with Crippen molar-refractivity contribution in [2.45, 2.75) is 6.54 Å². The quantitative estimate of drug-likeness (QED) is 0.879. The largest absolute Gasteiger partial charge is 0.480 e. The van der Waals surface area contributed by atoms with Gasteiger partial charge in [-0.3, -0.25) is 9.59 Å². The number of anilines is 1. The molecule has 0 radical (unpaired) electrons. The number of aliphatic carboxylic acids is 1. The van der Waals surface area contributed by atoms with Crippen LogP contribution in [0.5, 0.6) is 0 Å². The monoisotopic (exact) mass is 280 g/mol. The van der Waals surface area contributed by atoms with Gasteiger partial charge in [0.1, 0.15) is 0 Å². The number of halogens is 1. The number of amides is 1. The maximum atomic E-state index is 11.9. The standard InChI is InChI=1S/C11H9ClN4O3/c12-8-4-2-1-3-7(8)11(19)14-9-5-13-16(15-9)6-10(17)18/h1-5H,6H2,(H,17,18)(H,14,15,19). The zero-order valence-corrected chi connectivity index (χ0v) is 10.3. The number of benzene rings is 1. The van der Waals surface area contributed by atoms with Crippen LogP contribution in [0.2, 0.25) is 5.02 Å². The molecule has 19 heavy (non-hydrogen) atoms. The van der Waals surface area contributed by atoms with Crippen molar-refractivity contribution in [1.82, 2.24) is 15.0 Å². The molecule has 2 rings (SSSR count). The first-order valence-electron chi connectivity index (χ1n) is 5.24. The molecule has 1 amide bonds. The van der Waals surface area contributed by atoms with E-state index in [1.54, 1.807) is 24.3 Å². The Morgan fingerprint density at radius 1 is 1.37 bits per heavy atom. The Balaban J connectivity index is 2.09. The first kappa shape index (κ1) is 13.0. The third-order valence-electron chi connectivity index (χ3n) is 2.17. The minimum Gasteiger partial charge on any atom is -0.480 e. The lowest BCUT2D eigenvalue weighted by Crippen LogP contribution is -2.14. The summed E-state index contributed by atoms with van der Waals surface area (Å²) in [6.45, 7) is -0.373. The molecule has 0 aliphatic carbocycles. The van der Waals surface area contributed by atoms with E-state index in [0.717, 1.165) is 4.80 Å². The fraction of sp³-hybridized carbons (Fsp3) is 0.0909. The average molecular weight is 281 g/mol. The highest BCUT2D eigenvalue weighted by Crippen LogP contribution is 2.16. The van der Waals surface area contributed by atoms with E-state index in [9.17, 15) is 9.59 Å². The number of carbonyl (C=O) groups excluding carboxylic acids is 1. The number of carboxylic acid groups (broad SMARTS) is 1. The summed E-state index contributed by atoms with van der Waals surface area (Å²) in [6, 6.07) is 6.56. The second kappa shape index (κ2) is 5.49. The van der Waals surface area contributed by atoms with Gasteiger partial charge in [-0.15, -0.1) is 5.10 Å². The molecule has 0 saturated carbocycles. The predicted molar refractivity (Wildman–Crippen MR) is 67.1 cm³/mol. The lowest BCUT2D eigenvalue weighted by atomic mass is 10.2. The Bertz CT molecular complexity index is 626. The van der Waals surface area contributed by atoms with Gasteiger partial charge in [0.2, 0.25) is 0 Å². The molecular formula is C11H9ClN4O3. The summed E-state index contributed by atoms with van der Waals surface area (Å²) in [7, 11) is 0. The van der Waals surface area contributed by atoms with Crippen LogP contribution in [0.15, 0.2) is 30.5 Å². The molecule has 0 atom stereocenters. The molecule has 98 valence electrons. The highest BCUT2D eigenvalue weighted by Gasteiger charge is 2.12. The van der Waals surface area contributed by atoms with Crippen molar-refractivity contribution in [3.8, 4) is 0 Å². The van der Waals surface area contributed by atoms with E-state index in [1.165, 1.54) is 6.20 Å². The lowest BCUT2D eigenvalue weighted by Gasteiger charge is -2.03. The van der Waals surface area contributed by atoms with Gasteiger partial charge in [0, 0.05) is 0 Å². The van der Waals surface area contributed by atoms with Crippen LogP contribution in [0.1, 0.15) is 10.4 Å². The number of rotatable bonds is 4. The van der Waals surface area contributed by atoms with Crippen LogP contribution in [-0.2, 0) is 11.3 Å². The van der Waals surface area contributed by atoms with Crippen molar-refractivity contribution in [1.29, 1.82) is 0 Å². The van der Waals surface area contributed by atoms with Crippen molar-refractivity contribution in [2.24, 2.45) is 0 Å². The van der Waals surface area contributed by atoms with Crippen molar-refractivity contribution in [2.75, 3.05) is 5.32 Å². The smallest absolute Gasteiger partial charge is 0.327 e. The Hall–Kier alpha value is -2.41. The van der Waals surface area contributed by atoms with Crippen LogP contribution in [0, 0.1) is 0 Å². The van der Waals surface area contributed by atoms with Crippen LogP contribution >= 0.6 is 11.6 Å². The van der Waals surface area contributed by atoms with Crippen LogP contribution < -0.4 is 5.32 Å². The van der Waals surface area contributed by atoms with E-state index in [1.807, 2.05) is 0 Å². The molecule has 0 saturated heterocycles. The maximum Gasteiger partial charge on any atom is 0.327 e. The van der Waals surface area contributed by atoms with Crippen molar-refractivity contribution in [3.05, 3.63) is 41.0 Å². The highest BCUT2D eigenvalue weighted by atomic mass is 35.5. The molecule has 0 fully saturated rings. The Morgan fingerprint density at radius 2 is 2.11 bits per heavy atom. The van der Waals surface area contributed by atoms with Crippen LogP contribution in [0.4, 0.5) is 5.82 Å². The summed E-state index contributed by atoms with van der Waals surface area (Å²) < 4.78 is 0. The molecule has 1 aromatic carbocycles. The van der Waals surface area contributed by atoms with E-state index >= 15 is 0 Å². The zero-order valence-electron chi connectivity index (χ0n) is 9.58. The van der Waals surface area contributed by atoms with Crippen LogP contribution in [-0.4, -0.2) is 32.0 Å². The average Bonchev–Trinajstić information content (AvgIpc) is 2.76. The highest BCUT2D eigenvalue weighted by molar-refractivity contribution is 6.34. The summed E-state index contributed by atoms with van der Waals surface area (Å²) in [5.74, 6) is -1.35. The van der Waals surface area contributed by atoms with Gasteiger partial charge in [0.15, 0.2) is 12.4 Å². The van der Waals surface area contributed by atoms with E-state index < -0.39 is 11.9 Å². The van der Waals surface area contributed by atoms with Gasteiger partial charge in [-0.05, 0) is 12.1 Å². The lowest BCUT2D eigenvalue weighted by molar-refractivity contribution is -0.138. The van der Waals surface area contributed by atoms with Gasteiger partial charge < -0.3 is 10.4 Å². The number of hydrogen-bond acceptors (Lipinski definition) is 4. The minimum atomic E-state index is -1.07. The molecule has 0 bridgehead atoms. The number of carboxylic acids is 1. The fourth-order valence-corrected chi connectivity index (χ4v) is 1.60. The van der Waals surface area contributed by atoms with Gasteiger partial charge in [0.25, 0.3) is 5.91 Å². The molecule has 8 heteroatoms. The summed E-state index contributed by atoms with van der Waals surface area (Å²) >= 11 is 5.88. The molecule has 0 aliphatic heterocycles. The van der Waals surface area contributed by atoms with E-state index in [2.05, 4.69) is 15.5 Å². The predicted octanol–water partition coefficient (Wildman–Crippen LogP) is 1.27. The van der Waals surface area contributed by atoms with Crippen LogP contribution in [0.25, 0.3) is 0 Å². The molecule has 0 spiro atoms. The van der Waals surface area contributed by atoms with Crippen molar-refractivity contribution in [3.63, 3.8) is 0 Å². The minimum absolute atomic E-state index is 0.158. The SMILES string of the molecule is O=C(O)Cn1ncc(NC(=O)c2ccccc2Cl)n1. The normalized spacial score (nSPS) is 10.2. The van der Waals surface area contributed by atoms with Crippen molar-refractivity contribution < 1.29 is 14.7 Å². The van der Waals surface area contributed by atoms with Gasteiger partial charge in [-0.25, -0.2) is 0 Å². The maximum absolute atomic E-state index is 11.9. The molecule has 0 aliphatic rings. The Kier molecular flexibility index (Phi) is 3.76. The number of aromatic nitrogens is 3. The number of carbonyl (C=O) groups is 2. The van der Waals surface area contributed by atoms with Crippen LogP contribution in [0.3, 0.4) is 0 Å². The summed E-state index contributed by atoms with van der Waals surface area (Å²) in [5.41, 5.74) is 0.303. The summed E-state index contributed by atoms with van der Waals surface area (Å²) in [6.07, 6.45) is 1.26. The summed E-state index contributed by atoms with van der Waals surface area (Å²) in [4.78, 5) is 23.3. The first-order chi connectivity index (χ1) is 9.06. The van der Waals surface area contributed by atoms with E-state index in [4.69, 9.17) is 16.7 Å². The molecule has 7 nitrogen and oxygen atoms in total. The van der Waals surface area contributed by atoms with E-state index in [0.29, 0.717) is 10.6 Å². The molecule has 0 unspecified atom stereocenters. The van der Waals surface area contributed by atoms with E-state index in [-0.39, 0.29) is 12.4 Å². The first-order valence-corrected chi connectivity index (χ1v) is 5.62. The van der Waals surface area contributed by atoms with Gasteiger partial charge in [0.05, 0.1) is 16.8 Å². The molecule has 1 heterocycles.